The van der Waals surface area contributed by atoms with Crippen LogP contribution in [0.4, 0.5) is 0 Å². The number of hydrogen-bond acceptors (Lipinski definition) is 2. The summed E-state index contributed by atoms with van der Waals surface area (Å²) in [5.74, 6) is 0. The monoisotopic (exact) mass is 115 g/mol. The standard InChI is InChI=1S/C6H13NO/c1-6-5-8-4-3-7(6)2/h6H,3-5H2,1-2H3/t6-/m0/s1. The normalized spacial score (nSPS) is 33.0. The van der Waals surface area contributed by atoms with Crippen LogP contribution in [0.5, 0.6) is 0 Å². The molecule has 0 radical (unpaired) electrons. The highest BCUT2D eigenvalue weighted by Gasteiger charge is 2.12. The van der Waals surface area contributed by atoms with Gasteiger partial charge in [0.25, 0.3) is 0 Å². The summed E-state index contributed by atoms with van der Waals surface area (Å²) < 4.78 is 5.21. The molecule has 0 aliphatic carbocycles. The fraction of sp³-hybridized carbons (Fsp3) is 1.00. The van der Waals surface area contributed by atoms with Gasteiger partial charge in [-0.15, -0.1) is 0 Å². The lowest BCUT2D eigenvalue weighted by Gasteiger charge is -2.29. The first-order chi connectivity index (χ1) is 3.80. The Labute approximate surface area is 50.4 Å². The molecule has 1 fully saturated rings. The third kappa shape index (κ3) is 1.20. The Bertz CT molecular complexity index is 64.9. The van der Waals surface area contributed by atoms with Crippen molar-refractivity contribution in [1.29, 1.82) is 0 Å². The first kappa shape index (κ1) is 6.05. The van der Waals surface area contributed by atoms with Crippen LogP contribution in [-0.4, -0.2) is 37.7 Å². The molecule has 1 rings (SSSR count). The zero-order valence-corrected chi connectivity index (χ0v) is 5.55. The fourth-order valence-corrected chi connectivity index (χ4v) is 0.810. The molecular weight excluding hydrogens is 102 g/mol. The zero-order chi connectivity index (χ0) is 5.98. The van der Waals surface area contributed by atoms with Gasteiger partial charge in [0.05, 0.1) is 13.2 Å². The second kappa shape index (κ2) is 2.46. The zero-order valence-electron chi connectivity index (χ0n) is 5.55. The molecule has 1 heterocycles. The van der Waals surface area contributed by atoms with E-state index in [1.54, 1.807) is 0 Å². The summed E-state index contributed by atoms with van der Waals surface area (Å²) >= 11 is 0. The van der Waals surface area contributed by atoms with Crippen molar-refractivity contribution < 1.29 is 4.74 Å². The van der Waals surface area contributed by atoms with Gasteiger partial charge in [-0.25, -0.2) is 0 Å². The summed E-state index contributed by atoms with van der Waals surface area (Å²) in [4.78, 5) is 2.31. The van der Waals surface area contributed by atoms with Gasteiger partial charge in [-0.05, 0) is 14.0 Å². The van der Waals surface area contributed by atoms with Crippen molar-refractivity contribution in [2.75, 3.05) is 26.8 Å². The van der Waals surface area contributed by atoms with Crippen molar-refractivity contribution in [3.8, 4) is 0 Å². The van der Waals surface area contributed by atoms with Gasteiger partial charge in [0.15, 0.2) is 0 Å². The summed E-state index contributed by atoms with van der Waals surface area (Å²) in [6.07, 6.45) is 0. The van der Waals surface area contributed by atoms with Crippen LogP contribution >= 0.6 is 0 Å². The second-order valence-corrected chi connectivity index (χ2v) is 2.40. The Morgan fingerprint density at radius 1 is 1.62 bits per heavy atom. The summed E-state index contributed by atoms with van der Waals surface area (Å²) in [5, 5.41) is 0. The van der Waals surface area contributed by atoms with Crippen LogP contribution in [0.15, 0.2) is 0 Å². The van der Waals surface area contributed by atoms with Gasteiger partial charge >= 0.3 is 0 Å². The predicted molar refractivity (Wildman–Crippen MR) is 32.9 cm³/mol. The van der Waals surface area contributed by atoms with Crippen LogP contribution in [0.25, 0.3) is 0 Å². The van der Waals surface area contributed by atoms with E-state index < -0.39 is 0 Å². The van der Waals surface area contributed by atoms with E-state index >= 15 is 0 Å². The van der Waals surface area contributed by atoms with Gasteiger partial charge in [0.1, 0.15) is 0 Å². The Kier molecular flexibility index (Phi) is 1.86. The minimum absolute atomic E-state index is 0.615. The first-order valence-electron chi connectivity index (χ1n) is 3.08. The smallest absolute Gasteiger partial charge is 0.0619 e. The van der Waals surface area contributed by atoms with E-state index in [1.807, 2.05) is 0 Å². The number of ether oxygens (including phenoxy) is 1. The van der Waals surface area contributed by atoms with Crippen molar-refractivity contribution in [2.45, 2.75) is 13.0 Å². The van der Waals surface area contributed by atoms with Gasteiger partial charge in [-0.3, -0.25) is 4.90 Å². The van der Waals surface area contributed by atoms with Crippen molar-refractivity contribution in [3.05, 3.63) is 0 Å². The second-order valence-electron chi connectivity index (χ2n) is 2.40. The van der Waals surface area contributed by atoms with Gasteiger partial charge in [-0.1, -0.05) is 0 Å². The molecule has 8 heavy (non-hydrogen) atoms. The molecule has 0 bridgehead atoms. The minimum Gasteiger partial charge on any atom is -0.379 e. The molecular formula is C6H13NO. The van der Waals surface area contributed by atoms with Crippen LogP contribution in [0.2, 0.25) is 0 Å². The molecule has 1 aliphatic rings. The molecule has 0 aromatic rings. The molecule has 2 nitrogen and oxygen atoms in total. The van der Waals surface area contributed by atoms with Crippen molar-refractivity contribution in [2.24, 2.45) is 0 Å². The number of rotatable bonds is 0. The largest absolute Gasteiger partial charge is 0.379 e. The molecule has 0 aromatic carbocycles. The quantitative estimate of drug-likeness (QED) is 0.451. The summed E-state index contributed by atoms with van der Waals surface area (Å²) in [6, 6.07) is 0.615. The van der Waals surface area contributed by atoms with Gasteiger partial charge in [-0.2, -0.15) is 0 Å². The Morgan fingerprint density at radius 2 is 2.38 bits per heavy atom. The average molecular weight is 115 g/mol. The van der Waals surface area contributed by atoms with Gasteiger partial charge in [0, 0.05) is 12.6 Å². The minimum atomic E-state index is 0.615. The van der Waals surface area contributed by atoms with Crippen LogP contribution in [0.3, 0.4) is 0 Å². The molecule has 0 spiro atoms. The van der Waals surface area contributed by atoms with Crippen molar-refractivity contribution in [1.82, 2.24) is 4.90 Å². The molecule has 0 saturated carbocycles. The van der Waals surface area contributed by atoms with E-state index in [9.17, 15) is 0 Å². The summed E-state index contributed by atoms with van der Waals surface area (Å²) in [7, 11) is 2.13. The van der Waals surface area contributed by atoms with Gasteiger partial charge in [0.2, 0.25) is 0 Å². The third-order valence-corrected chi connectivity index (χ3v) is 1.70. The summed E-state index contributed by atoms with van der Waals surface area (Å²) in [5.41, 5.74) is 0. The lowest BCUT2D eigenvalue weighted by Crippen LogP contribution is -2.40. The topological polar surface area (TPSA) is 12.5 Å². The Hall–Kier alpha value is -0.0800. The van der Waals surface area contributed by atoms with Crippen LogP contribution in [0, 0.1) is 0 Å². The molecule has 1 saturated heterocycles. The van der Waals surface area contributed by atoms with E-state index in [1.165, 1.54) is 0 Å². The van der Waals surface area contributed by atoms with E-state index in [2.05, 4.69) is 18.9 Å². The van der Waals surface area contributed by atoms with Crippen LogP contribution in [-0.2, 0) is 4.74 Å². The van der Waals surface area contributed by atoms with E-state index in [0.29, 0.717) is 6.04 Å². The maximum Gasteiger partial charge on any atom is 0.0619 e. The molecule has 48 valence electrons. The highest BCUT2D eigenvalue weighted by molar-refractivity contribution is 4.65. The molecule has 0 N–H and O–H groups in total. The molecule has 0 aromatic heterocycles. The average Bonchev–Trinajstić information content (AvgIpc) is 1.77. The van der Waals surface area contributed by atoms with Crippen molar-refractivity contribution in [3.63, 3.8) is 0 Å². The number of hydrogen-bond donors (Lipinski definition) is 0. The summed E-state index contributed by atoms with van der Waals surface area (Å²) in [6.45, 7) is 5.07. The van der Waals surface area contributed by atoms with Gasteiger partial charge < -0.3 is 4.74 Å². The number of nitrogens with zero attached hydrogens (tertiary/aromatic N) is 1. The highest BCUT2D eigenvalue weighted by Crippen LogP contribution is 2.00. The highest BCUT2D eigenvalue weighted by atomic mass is 16.5. The molecule has 2 heteroatoms. The maximum atomic E-state index is 5.21. The SMILES string of the molecule is C[C@H]1COCCN1C. The molecule has 0 amide bonds. The Balaban J connectivity index is 2.28. The molecule has 1 atom stereocenters. The lowest BCUT2D eigenvalue weighted by atomic mass is 10.3. The van der Waals surface area contributed by atoms with Crippen LogP contribution in [0.1, 0.15) is 6.92 Å². The van der Waals surface area contributed by atoms with Crippen molar-refractivity contribution >= 4 is 0 Å². The number of morpholine rings is 1. The van der Waals surface area contributed by atoms with E-state index in [4.69, 9.17) is 4.74 Å². The lowest BCUT2D eigenvalue weighted by molar-refractivity contribution is 0.0131. The predicted octanol–water partition coefficient (Wildman–Crippen LogP) is 0.337. The number of likely N-dealkylation sites (N-methyl/N-ethyl adjacent to an activating group) is 1. The third-order valence-electron chi connectivity index (χ3n) is 1.70. The maximum absolute atomic E-state index is 5.21. The van der Waals surface area contributed by atoms with E-state index in [0.717, 1.165) is 19.8 Å². The Morgan fingerprint density at radius 3 is 2.75 bits per heavy atom. The first-order valence-corrected chi connectivity index (χ1v) is 3.08. The van der Waals surface area contributed by atoms with Crippen LogP contribution < -0.4 is 0 Å². The fourth-order valence-electron chi connectivity index (χ4n) is 0.810. The molecule has 0 unspecified atom stereocenters. The molecule has 1 aliphatic heterocycles. The van der Waals surface area contributed by atoms with E-state index in [-0.39, 0.29) is 0 Å².